The number of halogens is 1. The van der Waals surface area contributed by atoms with Crippen LogP contribution < -0.4 is 0 Å². The summed E-state index contributed by atoms with van der Waals surface area (Å²) >= 11 is 5.84. The lowest BCUT2D eigenvalue weighted by molar-refractivity contribution is 0.0779. The molecule has 3 nitrogen and oxygen atoms in total. The maximum absolute atomic E-state index is 12.1. The van der Waals surface area contributed by atoms with Crippen molar-refractivity contribution >= 4 is 17.5 Å². The van der Waals surface area contributed by atoms with E-state index >= 15 is 0 Å². The first kappa shape index (κ1) is 12.6. The van der Waals surface area contributed by atoms with Crippen molar-refractivity contribution in [2.24, 2.45) is 0 Å². The molecular formula is C14H13ClN2O. The molecule has 2 rings (SSSR count). The molecule has 1 heterocycles. The summed E-state index contributed by atoms with van der Waals surface area (Å²) in [7, 11) is 1.75. The summed E-state index contributed by atoms with van der Waals surface area (Å²) in [5.74, 6) is -0.138. The van der Waals surface area contributed by atoms with E-state index in [1.54, 1.807) is 24.1 Å². The number of amides is 1. The molecule has 0 aliphatic rings. The van der Waals surface area contributed by atoms with Crippen molar-refractivity contribution in [3.05, 3.63) is 64.9 Å². The van der Waals surface area contributed by atoms with Crippen molar-refractivity contribution in [1.29, 1.82) is 0 Å². The largest absolute Gasteiger partial charge is 0.336 e. The van der Waals surface area contributed by atoms with Crippen molar-refractivity contribution in [1.82, 2.24) is 9.88 Å². The second kappa shape index (κ2) is 5.65. The highest BCUT2D eigenvalue weighted by atomic mass is 35.5. The van der Waals surface area contributed by atoms with Crippen molar-refractivity contribution in [2.45, 2.75) is 6.54 Å². The Balaban J connectivity index is 2.10. The van der Waals surface area contributed by atoms with Crippen LogP contribution in [0.5, 0.6) is 0 Å². The smallest absolute Gasteiger partial charge is 0.272 e. The molecule has 0 fully saturated rings. The lowest BCUT2D eigenvalue weighted by Crippen LogP contribution is -2.26. The zero-order valence-corrected chi connectivity index (χ0v) is 10.8. The second-order valence-corrected chi connectivity index (χ2v) is 4.44. The van der Waals surface area contributed by atoms with E-state index in [9.17, 15) is 4.79 Å². The van der Waals surface area contributed by atoms with Gasteiger partial charge in [-0.15, -0.1) is 0 Å². The fraction of sp³-hybridized carbons (Fsp3) is 0.143. The quantitative estimate of drug-likeness (QED) is 0.850. The maximum Gasteiger partial charge on any atom is 0.272 e. The molecule has 2 aromatic rings. The van der Waals surface area contributed by atoms with Gasteiger partial charge in [-0.25, -0.2) is 0 Å². The van der Waals surface area contributed by atoms with Gasteiger partial charge in [-0.05, 0) is 17.7 Å². The standard InChI is InChI=1S/C14H13ClN2O/c1-17(10-11-5-3-2-4-6-11)14(18)13-9-12(15)7-8-16-13/h2-9H,10H2,1H3. The highest BCUT2D eigenvalue weighted by molar-refractivity contribution is 6.30. The van der Waals surface area contributed by atoms with Crippen LogP contribution in [0.25, 0.3) is 0 Å². The fourth-order valence-electron chi connectivity index (χ4n) is 1.65. The minimum atomic E-state index is -0.138. The SMILES string of the molecule is CN(Cc1ccccc1)C(=O)c1cc(Cl)ccn1. The van der Waals surface area contributed by atoms with Gasteiger partial charge in [-0.1, -0.05) is 41.9 Å². The van der Waals surface area contributed by atoms with E-state index in [-0.39, 0.29) is 5.91 Å². The van der Waals surface area contributed by atoms with Crippen LogP contribution in [0.1, 0.15) is 16.1 Å². The van der Waals surface area contributed by atoms with Gasteiger partial charge in [-0.2, -0.15) is 0 Å². The Morgan fingerprint density at radius 2 is 2.00 bits per heavy atom. The summed E-state index contributed by atoms with van der Waals surface area (Å²) in [6.07, 6.45) is 1.53. The van der Waals surface area contributed by atoms with Crippen molar-refractivity contribution in [3.63, 3.8) is 0 Å². The summed E-state index contributed by atoms with van der Waals surface area (Å²) in [4.78, 5) is 17.8. The molecule has 18 heavy (non-hydrogen) atoms. The van der Waals surface area contributed by atoms with Gasteiger partial charge in [0, 0.05) is 24.8 Å². The first-order valence-corrected chi connectivity index (χ1v) is 5.95. The molecule has 0 atom stereocenters. The average molecular weight is 261 g/mol. The van der Waals surface area contributed by atoms with E-state index in [4.69, 9.17) is 11.6 Å². The van der Waals surface area contributed by atoms with Crippen LogP contribution in [0.15, 0.2) is 48.7 Å². The third-order valence-electron chi connectivity index (χ3n) is 2.55. The summed E-state index contributed by atoms with van der Waals surface area (Å²) < 4.78 is 0. The molecule has 0 saturated heterocycles. The number of pyridine rings is 1. The summed E-state index contributed by atoms with van der Waals surface area (Å²) in [5, 5.41) is 0.515. The topological polar surface area (TPSA) is 33.2 Å². The van der Waals surface area contributed by atoms with Gasteiger partial charge >= 0.3 is 0 Å². The van der Waals surface area contributed by atoms with Crippen LogP contribution in [-0.4, -0.2) is 22.8 Å². The van der Waals surface area contributed by atoms with Crippen molar-refractivity contribution in [3.8, 4) is 0 Å². The molecule has 0 aliphatic carbocycles. The van der Waals surface area contributed by atoms with Gasteiger partial charge in [0.25, 0.3) is 5.91 Å². The van der Waals surface area contributed by atoms with Gasteiger partial charge in [0.15, 0.2) is 0 Å². The molecule has 1 aromatic carbocycles. The number of aromatic nitrogens is 1. The number of hydrogen-bond acceptors (Lipinski definition) is 2. The van der Waals surface area contributed by atoms with Gasteiger partial charge < -0.3 is 4.90 Å². The Hall–Kier alpha value is -1.87. The molecule has 0 bridgehead atoms. The normalized spacial score (nSPS) is 10.1. The number of rotatable bonds is 3. The molecule has 1 amide bonds. The monoisotopic (exact) mass is 260 g/mol. The molecule has 0 radical (unpaired) electrons. The number of carbonyl (C=O) groups excluding carboxylic acids is 1. The predicted molar refractivity (Wildman–Crippen MR) is 71.5 cm³/mol. The van der Waals surface area contributed by atoms with E-state index in [0.29, 0.717) is 17.3 Å². The lowest BCUT2D eigenvalue weighted by Gasteiger charge is -2.16. The molecule has 92 valence electrons. The maximum atomic E-state index is 12.1. The van der Waals surface area contributed by atoms with Crippen LogP contribution in [0.2, 0.25) is 5.02 Å². The van der Waals surface area contributed by atoms with Crippen LogP contribution in [0.4, 0.5) is 0 Å². The first-order valence-electron chi connectivity index (χ1n) is 5.58. The Labute approximate surface area is 111 Å². The van der Waals surface area contributed by atoms with Gasteiger partial charge in [0.2, 0.25) is 0 Å². The number of hydrogen-bond donors (Lipinski definition) is 0. The Kier molecular flexibility index (Phi) is 3.95. The van der Waals surface area contributed by atoms with Crippen LogP contribution in [0, 0.1) is 0 Å². The minimum Gasteiger partial charge on any atom is -0.336 e. The van der Waals surface area contributed by atoms with E-state index < -0.39 is 0 Å². The zero-order valence-electron chi connectivity index (χ0n) is 10.0. The van der Waals surface area contributed by atoms with E-state index in [1.165, 1.54) is 6.20 Å². The minimum absolute atomic E-state index is 0.138. The molecule has 0 N–H and O–H groups in total. The summed E-state index contributed by atoms with van der Waals surface area (Å²) in [6.45, 7) is 0.549. The highest BCUT2D eigenvalue weighted by Crippen LogP contribution is 2.11. The van der Waals surface area contributed by atoms with Crippen LogP contribution >= 0.6 is 11.6 Å². The number of nitrogens with zero attached hydrogens (tertiary/aromatic N) is 2. The predicted octanol–water partition coefficient (Wildman–Crippen LogP) is 3.01. The highest BCUT2D eigenvalue weighted by Gasteiger charge is 2.13. The van der Waals surface area contributed by atoms with Gasteiger partial charge in [0.1, 0.15) is 5.69 Å². The molecule has 0 spiro atoms. The number of benzene rings is 1. The third kappa shape index (κ3) is 3.08. The summed E-state index contributed by atoms with van der Waals surface area (Å²) in [5.41, 5.74) is 1.44. The van der Waals surface area contributed by atoms with Gasteiger partial charge in [0.05, 0.1) is 0 Å². The molecular weight excluding hydrogens is 248 g/mol. The molecule has 4 heteroatoms. The van der Waals surface area contributed by atoms with Gasteiger partial charge in [-0.3, -0.25) is 9.78 Å². The second-order valence-electron chi connectivity index (χ2n) is 4.01. The van der Waals surface area contributed by atoms with E-state index in [0.717, 1.165) is 5.56 Å². The third-order valence-corrected chi connectivity index (χ3v) is 2.79. The van der Waals surface area contributed by atoms with E-state index in [2.05, 4.69) is 4.98 Å². The van der Waals surface area contributed by atoms with E-state index in [1.807, 2.05) is 30.3 Å². The van der Waals surface area contributed by atoms with Crippen LogP contribution in [-0.2, 0) is 6.54 Å². The molecule has 1 aromatic heterocycles. The fourth-order valence-corrected chi connectivity index (χ4v) is 1.81. The first-order chi connectivity index (χ1) is 8.66. The Morgan fingerprint density at radius 1 is 1.28 bits per heavy atom. The zero-order chi connectivity index (χ0) is 13.0. The Bertz CT molecular complexity index is 543. The molecule has 0 saturated carbocycles. The average Bonchev–Trinajstić information content (AvgIpc) is 2.39. The summed E-state index contributed by atoms with van der Waals surface area (Å²) in [6, 6.07) is 13.0. The Morgan fingerprint density at radius 3 is 2.67 bits per heavy atom. The van der Waals surface area contributed by atoms with Crippen molar-refractivity contribution < 1.29 is 4.79 Å². The molecule has 0 unspecified atom stereocenters. The van der Waals surface area contributed by atoms with Crippen molar-refractivity contribution in [2.75, 3.05) is 7.05 Å². The van der Waals surface area contributed by atoms with Crippen LogP contribution in [0.3, 0.4) is 0 Å². The number of carbonyl (C=O) groups is 1. The molecule has 0 aliphatic heterocycles. The lowest BCUT2D eigenvalue weighted by atomic mass is 10.2.